The highest BCUT2D eigenvalue weighted by molar-refractivity contribution is 14.1. The summed E-state index contributed by atoms with van der Waals surface area (Å²) >= 11 is 1.97. The highest BCUT2D eigenvalue weighted by Crippen LogP contribution is 2.24. The number of fused-ring (bicyclic) bond motifs is 2. The van der Waals surface area contributed by atoms with E-state index in [1.807, 2.05) is 52.9 Å². The smallest absolute Gasteiger partial charge is 0.134 e. The average molecular weight is 898 g/mol. The lowest BCUT2D eigenvalue weighted by molar-refractivity contribution is 0.471. The molecule has 0 radical (unpaired) electrons. The van der Waals surface area contributed by atoms with Crippen molar-refractivity contribution in [3.8, 4) is 30.2 Å². The molecule has 0 atom stereocenters. The Bertz CT molecular complexity index is 1970. The number of unbranched alkanes of at least 4 members (excludes halogenated alkanes) is 16. The molecule has 2 aromatic heterocycles. The lowest BCUT2D eigenvalue weighted by atomic mass is 10.1. The topological polar surface area (TPSA) is 120 Å². The van der Waals surface area contributed by atoms with Crippen LogP contribution in [-0.4, -0.2) is 5.11 Å². The van der Waals surface area contributed by atoms with Gasteiger partial charge < -0.3 is 19.7 Å². The second-order valence-corrected chi connectivity index (χ2v) is 16.1. The number of nitrogens with two attached hydrogens (primary N) is 1. The van der Waals surface area contributed by atoms with Crippen LogP contribution in [-0.2, 0) is 19.4 Å². The van der Waals surface area contributed by atoms with Crippen LogP contribution < -0.4 is 5.73 Å². The fourth-order valence-electron chi connectivity index (χ4n) is 6.43. The van der Waals surface area contributed by atoms with Gasteiger partial charge in [-0.3, -0.25) is 0 Å². The van der Waals surface area contributed by atoms with E-state index in [4.69, 9.17) is 36.6 Å². The number of nitriles is 2. The Hall–Kier alpha value is -4.23. The predicted octanol–water partition coefficient (Wildman–Crippen LogP) is 15.2. The summed E-state index contributed by atoms with van der Waals surface area (Å²) in [4.78, 5) is 0. The third kappa shape index (κ3) is 21.0. The summed E-state index contributed by atoms with van der Waals surface area (Å²) in [5.74, 6) is 5.03. The number of halogens is 1. The minimum absolute atomic E-state index is 0.222. The van der Waals surface area contributed by atoms with Crippen LogP contribution in [0.15, 0.2) is 75.6 Å². The third-order valence-corrected chi connectivity index (χ3v) is 10.7. The first-order chi connectivity index (χ1) is 28.3. The van der Waals surface area contributed by atoms with E-state index in [9.17, 15) is 0 Å². The van der Waals surface area contributed by atoms with E-state index in [-0.39, 0.29) is 5.75 Å². The van der Waals surface area contributed by atoms with Crippen molar-refractivity contribution < 1.29 is 13.9 Å². The summed E-state index contributed by atoms with van der Waals surface area (Å²) in [6.07, 6.45) is 31.9. The molecule has 0 saturated carbocycles. The molecule has 312 valence electrons. The largest absolute Gasteiger partial charge is 0.507 e. The number of phenolic OH excluding ortho intramolecular Hbond substituents is 1. The van der Waals surface area contributed by atoms with Crippen LogP contribution in [0.3, 0.4) is 0 Å². The molecule has 0 aliphatic heterocycles. The Kier molecular flexibility index (Phi) is 27.3. The number of rotatable bonds is 21. The molecular weight excluding hydrogens is 829 g/mol. The lowest BCUT2D eigenvalue weighted by Crippen LogP contribution is -1.94. The summed E-state index contributed by atoms with van der Waals surface area (Å²) in [5.41, 5.74) is 9.96. The molecule has 2 heterocycles. The average Bonchev–Trinajstić information content (AvgIpc) is 3.86. The first-order valence-electron chi connectivity index (χ1n) is 21.8. The highest BCUT2D eigenvalue weighted by atomic mass is 127. The van der Waals surface area contributed by atoms with E-state index >= 15 is 0 Å². The fraction of sp³-hybridized carbons (Fsp3) is 0.490. The van der Waals surface area contributed by atoms with Gasteiger partial charge >= 0.3 is 0 Å². The van der Waals surface area contributed by atoms with Gasteiger partial charge in [0, 0.05) is 36.6 Å². The van der Waals surface area contributed by atoms with Gasteiger partial charge in [0.25, 0.3) is 0 Å². The molecule has 5 aromatic rings. The van der Waals surface area contributed by atoms with Crippen LogP contribution in [0.2, 0.25) is 0 Å². The van der Waals surface area contributed by atoms with Gasteiger partial charge in [0.1, 0.15) is 28.4 Å². The van der Waals surface area contributed by atoms with Gasteiger partial charge in [-0.15, -0.1) is 12.3 Å². The zero-order valence-electron chi connectivity index (χ0n) is 35.6. The van der Waals surface area contributed by atoms with Crippen LogP contribution >= 0.6 is 22.6 Å². The molecule has 0 bridgehead atoms. The van der Waals surface area contributed by atoms with E-state index in [1.54, 1.807) is 18.2 Å². The van der Waals surface area contributed by atoms with Gasteiger partial charge in [-0.25, -0.2) is 0 Å². The van der Waals surface area contributed by atoms with Crippen molar-refractivity contribution in [2.24, 2.45) is 5.73 Å². The lowest BCUT2D eigenvalue weighted by Gasteiger charge is -1.98. The molecule has 0 saturated heterocycles. The van der Waals surface area contributed by atoms with Crippen molar-refractivity contribution in [3.63, 3.8) is 0 Å². The second-order valence-electron chi connectivity index (χ2n) is 14.9. The summed E-state index contributed by atoms with van der Waals surface area (Å²) in [6.45, 7) is 7.32. The first-order valence-corrected chi connectivity index (χ1v) is 22.9. The van der Waals surface area contributed by atoms with Crippen LogP contribution in [0.1, 0.15) is 171 Å². The van der Waals surface area contributed by atoms with Gasteiger partial charge in [-0.2, -0.15) is 10.5 Å². The molecule has 0 unspecified atom stereocenters. The molecular formula is C51H68IN3O3. The number of hydrogen-bond acceptors (Lipinski definition) is 6. The van der Waals surface area contributed by atoms with Gasteiger partial charge in [0.05, 0.1) is 26.8 Å². The summed E-state index contributed by atoms with van der Waals surface area (Å²) in [5, 5.41) is 28.5. The number of nitrogens with zero attached hydrogens (tertiary/aromatic N) is 2. The van der Waals surface area contributed by atoms with Crippen molar-refractivity contribution in [1.29, 1.82) is 10.5 Å². The third-order valence-electron chi connectivity index (χ3n) is 9.87. The molecule has 6 nitrogen and oxygen atoms in total. The maximum absolute atomic E-state index is 9.02. The Morgan fingerprint density at radius 1 is 0.586 bits per heavy atom. The van der Waals surface area contributed by atoms with E-state index < -0.39 is 0 Å². The van der Waals surface area contributed by atoms with Crippen molar-refractivity contribution >= 4 is 44.5 Å². The maximum atomic E-state index is 9.02. The first kappa shape index (κ1) is 49.9. The summed E-state index contributed by atoms with van der Waals surface area (Å²) in [7, 11) is 0. The number of terminal acetylenes is 1. The fourth-order valence-corrected chi connectivity index (χ4v) is 6.95. The van der Waals surface area contributed by atoms with E-state index in [0.29, 0.717) is 21.2 Å². The molecule has 0 aliphatic carbocycles. The second kappa shape index (κ2) is 31.7. The number of phenols is 1. The van der Waals surface area contributed by atoms with Crippen LogP contribution in [0.5, 0.6) is 5.75 Å². The minimum Gasteiger partial charge on any atom is -0.507 e. The minimum atomic E-state index is 0.222. The van der Waals surface area contributed by atoms with Gasteiger partial charge in [0.15, 0.2) is 0 Å². The van der Waals surface area contributed by atoms with E-state index in [2.05, 4.69) is 51.0 Å². The molecule has 0 amide bonds. The number of furan rings is 2. The van der Waals surface area contributed by atoms with E-state index in [1.165, 1.54) is 133 Å². The zero-order chi connectivity index (χ0) is 42.2. The number of aromatic hydroxyl groups is 1. The van der Waals surface area contributed by atoms with Gasteiger partial charge in [0.2, 0.25) is 0 Å². The van der Waals surface area contributed by atoms with Crippen LogP contribution in [0.25, 0.3) is 21.9 Å². The number of aryl methyl sites for hydroxylation is 2. The Balaban J connectivity index is 0.000000280. The molecule has 0 spiro atoms. The van der Waals surface area contributed by atoms with Crippen LogP contribution in [0, 0.1) is 38.6 Å². The normalized spacial score (nSPS) is 10.3. The highest BCUT2D eigenvalue weighted by Gasteiger charge is 2.06. The SMILES string of the molecule is C#CCCCCCCCC.CCCCCCCCc1cc2cc(C#N)ccc2o1.CCCCCCCCc1cc2cc(CN)ccc2o1.N#Cc1ccc(O)c(I)c1. The predicted molar refractivity (Wildman–Crippen MR) is 252 cm³/mol. The summed E-state index contributed by atoms with van der Waals surface area (Å²) in [6, 6.07) is 24.9. The molecule has 0 fully saturated rings. The summed E-state index contributed by atoms with van der Waals surface area (Å²) < 4.78 is 12.3. The number of hydrogen-bond donors (Lipinski definition) is 2. The van der Waals surface area contributed by atoms with Crippen LogP contribution in [0.4, 0.5) is 0 Å². The Labute approximate surface area is 363 Å². The van der Waals surface area contributed by atoms with E-state index in [0.717, 1.165) is 47.3 Å². The molecule has 7 heteroatoms. The molecule has 58 heavy (non-hydrogen) atoms. The van der Waals surface area contributed by atoms with Crippen molar-refractivity contribution in [2.75, 3.05) is 0 Å². The molecule has 5 rings (SSSR count). The monoisotopic (exact) mass is 897 g/mol. The standard InChI is InChI=1S/C17H25NO.C17H21NO.C10H18.C7H4INO/c2*1-2-3-4-5-6-7-8-16-12-15-11-14(13-18)9-10-17(15)19-16;1-3-5-7-9-10-8-6-4-2;8-6-3-5(4-9)1-2-7(6)10/h9-12H,2-8,13,18H2,1H3;9-12H,2-8H2,1H3;1H,4-10H2,2H3;1-3,10H. The Morgan fingerprint density at radius 2 is 1.03 bits per heavy atom. The molecule has 0 aliphatic rings. The molecule has 3 aromatic carbocycles. The maximum Gasteiger partial charge on any atom is 0.134 e. The Morgan fingerprint density at radius 3 is 1.52 bits per heavy atom. The van der Waals surface area contributed by atoms with Crippen molar-refractivity contribution in [2.45, 2.75) is 162 Å². The van der Waals surface area contributed by atoms with Gasteiger partial charge in [-0.05, 0) is 108 Å². The van der Waals surface area contributed by atoms with Gasteiger partial charge in [-0.1, -0.05) is 123 Å². The number of benzene rings is 3. The van der Waals surface area contributed by atoms with Crippen molar-refractivity contribution in [1.82, 2.24) is 0 Å². The van der Waals surface area contributed by atoms with Crippen molar-refractivity contribution in [3.05, 3.63) is 98.5 Å². The zero-order valence-corrected chi connectivity index (χ0v) is 37.8. The molecule has 3 N–H and O–H groups in total. The quantitative estimate of drug-likeness (QED) is 0.0430.